The Kier molecular flexibility index (Phi) is 7.54. The van der Waals surface area contributed by atoms with Gasteiger partial charge in [-0.3, -0.25) is 14.6 Å². The van der Waals surface area contributed by atoms with Crippen molar-refractivity contribution in [1.82, 2.24) is 20.5 Å². The van der Waals surface area contributed by atoms with Crippen LogP contribution in [0, 0.1) is 5.92 Å². The van der Waals surface area contributed by atoms with Crippen molar-refractivity contribution in [3.05, 3.63) is 49.2 Å². The van der Waals surface area contributed by atoms with Gasteiger partial charge in [-0.15, -0.1) is 6.58 Å². The number of hydrogen-bond acceptors (Lipinski definition) is 7. The second kappa shape index (κ2) is 10.5. The molecule has 11 heteroatoms. The molecule has 208 valence electrons. The number of carbonyl (C=O) groups excluding carboxylic acids is 3. The van der Waals surface area contributed by atoms with E-state index in [4.69, 9.17) is 9.47 Å². The molecule has 2 fully saturated rings. The Hall–Kier alpha value is -4.15. The molecule has 1 aliphatic heterocycles. The first-order chi connectivity index (χ1) is 18.3. The topological polar surface area (TPSA) is 147 Å². The molecule has 1 unspecified atom stereocenters. The van der Waals surface area contributed by atoms with E-state index in [1.807, 2.05) is 24.3 Å². The van der Waals surface area contributed by atoms with E-state index >= 15 is 0 Å². The molecule has 0 radical (unpaired) electrons. The Morgan fingerprint density at radius 2 is 1.95 bits per heavy atom. The maximum absolute atomic E-state index is 13.5. The molecular weight excluding hydrogens is 504 g/mol. The predicted octanol–water partition coefficient (Wildman–Crippen LogP) is 2.64. The molecule has 11 nitrogen and oxygen atoms in total. The minimum Gasteiger partial charge on any atom is -0.488 e. The smallest absolute Gasteiger partial charge is 0.408 e. The molecule has 1 aromatic carbocycles. The lowest BCUT2D eigenvalue weighted by atomic mass is 10.1. The average Bonchev–Trinajstić information content (AvgIpc) is 3.42. The summed E-state index contributed by atoms with van der Waals surface area (Å²) in [5.74, 6) is -2.15. The number of nitrogens with one attached hydrogen (secondary N) is 2. The molecule has 3 amide bonds. The minimum absolute atomic E-state index is 0.0544. The van der Waals surface area contributed by atoms with Gasteiger partial charge in [0.25, 0.3) is 0 Å². The maximum atomic E-state index is 13.5. The lowest BCUT2D eigenvalue weighted by Gasteiger charge is -2.28. The summed E-state index contributed by atoms with van der Waals surface area (Å²) in [6, 6.07) is 7.13. The molecule has 5 atom stereocenters. The average molecular weight is 539 g/mol. The molecule has 0 bridgehead atoms. The van der Waals surface area contributed by atoms with E-state index in [0.717, 1.165) is 10.9 Å². The van der Waals surface area contributed by atoms with Crippen molar-refractivity contribution < 1.29 is 33.8 Å². The van der Waals surface area contributed by atoms with Crippen molar-refractivity contribution in [2.45, 2.75) is 69.9 Å². The first-order valence-electron chi connectivity index (χ1n) is 12.8. The van der Waals surface area contributed by atoms with Crippen LogP contribution in [0.5, 0.6) is 5.75 Å². The highest BCUT2D eigenvalue weighted by atomic mass is 16.6. The van der Waals surface area contributed by atoms with Gasteiger partial charge in [0.1, 0.15) is 35.1 Å². The first-order valence-corrected chi connectivity index (χ1v) is 12.8. The molecular formula is C28H34N4O7. The zero-order valence-electron chi connectivity index (χ0n) is 22.5. The third-order valence-electron chi connectivity index (χ3n) is 6.88. The molecule has 39 heavy (non-hydrogen) atoms. The summed E-state index contributed by atoms with van der Waals surface area (Å²) in [4.78, 5) is 56.8. The normalized spacial score (nSPS) is 24.9. The van der Waals surface area contributed by atoms with Gasteiger partial charge in [0, 0.05) is 23.9 Å². The molecule has 1 saturated carbocycles. The Morgan fingerprint density at radius 1 is 1.23 bits per heavy atom. The molecule has 3 N–H and O–H groups in total. The van der Waals surface area contributed by atoms with E-state index in [-0.39, 0.29) is 19.4 Å². The van der Waals surface area contributed by atoms with Crippen LogP contribution in [0.4, 0.5) is 4.79 Å². The zero-order chi connectivity index (χ0) is 28.5. The van der Waals surface area contributed by atoms with Gasteiger partial charge in [0.05, 0.1) is 12.1 Å². The Labute approximate surface area is 226 Å². The van der Waals surface area contributed by atoms with Crippen molar-refractivity contribution in [3.8, 4) is 5.75 Å². The summed E-state index contributed by atoms with van der Waals surface area (Å²) in [7, 11) is 0. The number of aromatic nitrogens is 1. The van der Waals surface area contributed by atoms with E-state index in [1.165, 1.54) is 17.9 Å². The number of fused-ring (bicyclic) bond motifs is 1. The lowest BCUT2D eigenvalue weighted by molar-refractivity contribution is -0.145. The Morgan fingerprint density at radius 3 is 2.59 bits per heavy atom. The summed E-state index contributed by atoms with van der Waals surface area (Å²) in [5.41, 5.74) is -1.47. The SMILES string of the molecule is C=C[C@H]1C[C@]1(NC(=O)[C@@H]1CC(Oc2ccnc3ccccc23)CN1C(=O)[C@H](C)NC(=O)OC(C)(C)C)C(=O)O. The summed E-state index contributed by atoms with van der Waals surface area (Å²) in [6.07, 6.45) is 2.13. The number of likely N-dealkylation sites (tertiary alicyclic amines) is 1. The van der Waals surface area contributed by atoms with E-state index in [2.05, 4.69) is 22.2 Å². The van der Waals surface area contributed by atoms with Gasteiger partial charge < -0.3 is 30.1 Å². The quantitative estimate of drug-likeness (QED) is 0.435. The van der Waals surface area contributed by atoms with Gasteiger partial charge >= 0.3 is 12.1 Å². The van der Waals surface area contributed by atoms with Gasteiger partial charge in [0.15, 0.2) is 0 Å². The molecule has 0 spiro atoms. The van der Waals surface area contributed by atoms with Crippen molar-refractivity contribution in [1.29, 1.82) is 0 Å². The second-order valence-corrected chi connectivity index (χ2v) is 11.0. The number of amides is 3. The third-order valence-corrected chi connectivity index (χ3v) is 6.88. The monoisotopic (exact) mass is 538 g/mol. The number of aliphatic carboxylic acids is 1. The maximum Gasteiger partial charge on any atom is 0.408 e. The summed E-state index contributed by atoms with van der Waals surface area (Å²) in [5, 5.41) is 15.7. The zero-order valence-corrected chi connectivity index (χ0v) is 22.5. The first kappa shape index (κ1) is 27.9. The van der Waals surface area contributed by atoms with Crippen molar-refractivity contribution in [2.24, 2.45) is 5.92 Å². The van der Waals surface area contributed by atoms with Gasteiger partial charge in [0.2, 0.25) is 11.8 Å². The fourth-order valence-electron chi connectivity index (χ4n) is 4.84. The fourth-order valence-corrected chi connectivity index (χ4v) is 4.84. The number of hydrogen-bond donors (Lipinski definition) is 3. The third kappa shape index (κ3) is 5.97. The van der Waals surface area contributed by atoms with Crippen molar-refractivity contribution >= 4 is 34.8 Å². The van der Waals surface area contributed by atoms with Crippen molar-refractivity contribution in [3.63, 3.8) is 0 Å². The number of rotatable bonds is 8. The van der Waals surface area contributed by atoms with Crippen LogP contribution in [-0.2, 0) is 19.1 Å². The number of carbonyl (C=O) groups is 4. The van der Waals surface area contributed by atoms with Gasteiger partial charge in [-0.2, -0.15) is 0 Å². The van der Waals surface area contributed by atoms with E-state index in [0.29, 0.717) is 5.75 Å². The summed E-state index contributed by atoms with van der Waals surface area (Å²) in [6.45, 7) is 10.3. The van der Waals surface area contributed by atoms with Crippen LogP contribution in [0.1, 0.15) is 40.5 Å². The number of carboxylic acids is 1. The van der Waals surface area contributed by atoms with Crippen LogP contribution in [-0.4, -0.2) is 74.7 Å². The van der Waals surface area contributed by atoms with Crippen LogP contribution in [0.3, 0.4) is 0 Å². The van der Waals surface area contributed by atoms with E-state index < -0.39 is 59.1 Å². The highest BCUT2D eigenvalue weighted by Crippen LogP contribution is 2.45. The molecule has 2 aliphatic rings. The molecule has 1 aliphatic carbocycles. The standard InChI is InChI=1S/C28H34N4O7/c1-6-17-14-28(17,25(35)36)31-23(33)21-13-18(38-22-11-12-29-20-10-8-7-9-19(20)22)15-32(21)24(34)16(2)30-26(37)39-27(3,4)5/h6-12,16-18,21H,1,13-15H2,2-5H3,(H,30,37)(H,31,33)(H,35,36)/t16-,17-,18?,21-,28+/m0/s1. The van der Waals surface area contributed by atoms with E-state index in [1.54, 1.807) is 33.0 Å². The number of para-hydroxylation sites is 1. The Balaban J connectivity index is 1.55. The molecule has 1 aromatic heterocycles. The lowest BCUT2D eigenvalue weighted by Crippen LogP contribution is -2.56. The Bertz CT molecular complexity index is 1300. The second-order valence-electron chi connectivity index (χ2n) is 11.0. The number of ether oxygens (including phenoxy) is 2. The number of carboxylic acid groups (broad SMARTS) is 1. The summed E-state index contributed by atoms with van der Waals surface area (Å²) < 4.78 is 11.5. The van der Waals surface area contributed by atoms with Crippen LogP contribution >= 0.6 is 0 Å². The van der Waals surface area contributed by atoms with Crippen LogP contribution < -0.4 is 15.4 Å². The number of benzene rings is 1. The predicted molar refractivity (Wildman–Crippen MR) is 142 cm³/mol. The fraction of sp³-hybridized carbons (Fsp3) is 0.464. The number of alkyl carbamates (subject to hydrolysis) is 1. The molecule has 2 heterocycles. The van der Waals surface area contributed by atoms with Crippen molar-refractivity contribution in [2.75, 3.05) is 6.54 Å². The highest BCUT2D eigenvalue weighted by molar-refractivity contribution is 5.96. The van der Waals surface area contributed by atoms with Crippen LogP contribution in [0.2, 0.25) is 0 Å². The van der Waals surface area contributed by atoms with Gasteiger partial charge in [-0.1, -0.05) is 18.2 Å². The number of pyridine rings is 1. The van der Waals surface area contributed by atoms with Gasteiger partial charge in [-0.05, 0) is 52.3 Å². The number of nitrogens with zero attached hydrogens (tertiary/aromatic N) is 2. The molecule has 2 aromatic rings. The summed E-state index contributed by atoms with van der Waals surface area (Å²) >= 11 is 0. The van der Waals surface area contributed by atoms with E-state index in [9.17, 15) is 24.3 Å². The van der Waals surface area contributed by atoms with Gasteiger partial charge in [-0.25, -0.2) is 9.59 Å². The minimum atomic E-state index is -1.45. The molecule has 1 saturated heterocycles. The molecule has 4 rings (SSSR count). The highest BCUT2D eigenvalue weighted by Gasteiger charge is 2.61. The van der Waals surface area contributed by atoms with Crippen LogP contribution in [0.25, 0.3) is 10.9 Å². The largest absolute Gasteiger partial charge is 0.488 e. The van der Waals surface area contributed by atoms with Crippen LogP contribution in [0.15, 0.2) is 49.2 Å².